The van der Waals surface area contributed by atoms with Crippen molar-refractivity contribution >= 4 is 21.8 Å². The summed E-state index contributed by atoms with van der Waals surface area (Å²) < 4.78 is 51.4. The Morgan fingerprint density at radius 3 is 2.29 bits per heavy atom. The number of carbonyl (C=O) groups is 2. The zero-order valence-corrected chi connectivity index (χ0v) is 24.2. The maximum absolute atomic E-state index is 13.5. The summed E-state index contributed by atoms with van der Waals surface area (Å²) in [5.41, 5.74) is 2.33. The van der Waals surface area contributed by atoms with E-state index in [-0.39, 0.29) is 48.8 Å². The summed E-state index contributed by atoms with van der Waals surface area (Å²) in [5.74, 6) is 0.293. The average molecular weight is 596 g/mol. The maximum Gasteiger partial charge on any atom is 0.243 e. The van der Waals surface area contributed by atoms with Crippen LogP contribution in [0.3, 0.4) is 0 Å². The molecule has 2 heterocycles. The molecule has 0 bridgehead atoms. The van der Waals surface area contributed by atoms with Gasteiger partial charge in [0.05, 0.1) is 4.90 Å². The molecule has 1 fully saturated rings. The first-order chi connectivity index (χ1) is 20.2. The Bertz CT molecular complexity index is 1520. The van der Waals surface area contributed by atoms with Crippen molar-refractivity contribution in [1.82, 2.24) is 14.5 Å². The van der Waals surface area contributed by atoms with Crippen LogP contribution < -0.4 is 14.8 Å². The largest absolute Gasteiger partial charge is 0.454 e. The van der Waals surface area contributed by atoms with Gasteiger partial charge in [-0.2, -0.15) is 4.31 Å². The molecular formula is C31H34FN3O6S. The van der Waals surface area contributed by atoms with E-state index in [0.717, 1.165) is 24.0 Å². The van der Waals surface area contributed by atoms with Gasteiger partial charge in [-0.15, -0.1) is 0 Å². The number of halogens is 1. The number of rotatable bonds is 11. The van der Waals surface area contributed by atoms with Crippen LogP contribution in [-0.4, -0.2) is 55.4 Å². The third-order valence-electron chi connectivity index (χ3n) is 7.59. The molecule has 1 unspecified atom stereocenters. The molecule has 2 aliphatic heterocycles. The lowest BCUT2D eigenvalue weighted by molar-refractivity contribution is -0.140. The smallest absolute Gasteiger partial charge is 0.243 e. The number of sulfonamides is 1. The minimum absolute atomic E-state index is 0.110. The third kappa shape index (κ3) is 6.91. The van der Waals surface area contributed by atoms with E-state index in [1.807, 2.05) is 6.07 Å². The molecule has 3 aromatic carbocycles. The van der Waals surface area contributed by atoms with Crippen LogP contribution in [0.1, 0.15) is 42.9 Å². The Hall–Kier alpha value is -3.96. The normalized spacial score (nSPS) is 15.4. The third-order valence-corrected chi connectivity index (χ3v) is 9.50. The predicted molar refractivity (Wildman–Crippen MR) is 154 cm³/mol. The summed E-state index contributed by atoms with van der Waals surface area (Å²) >= 11 is 0. The summed E-state index contributed by atoms with van der Waals surface area (Å²) in [6.07, 6.45) is 2.21. The fourth-order valence-corrected chi connectivity index (χ4v) is 6.57. The van der Waals surface area contributed by atoms with Crippen molar-refractivity contribution in [3.8, 4) is 11.5 Å². The number of hydrogen-bond acceptors (Lipinski definition) is 6. The molecule has 3 aromatic rings. The summed E-state index contributed by atoms with van der Waals surface area (Å²) in [5, 5.41) is 2.89. The van der Waals surface area contributed by atoms with E-state index in [1.165, 1.54) is 21.3 Å². The van der Waals surface area contributed by atoms with Crippen molar-refractivity contribution in [2.24, 2.45) is 0 Å². The van der Waals surface area contributed by atoms with Gasteiger partial charge in [0.1, 0.15) is 11.9 Å². The maximum atomic E-state index is 13.5. The van der Waals surface area contributed by atoms with Crippen LogP contribution in [0.5, 0.6) is 11.5 Å². The van der Waals surface area contributed by atoms with Gasteiger partial charge in [0.15, 0.2) is 11.5 Å². The van der Waals surface area contributed by atoms with Gasteiger partial charge in [0, 0.05) is 32.6 Å². The number of benzene rings is 3. The van der Waals surface area contributed by atoms with Crippen molar-refractivity contribution in [1.29, 1.82) is 0 Å². The molecule has 1 atom stereocenters. The molecule has 2 aliphatic rings. The second-order valence-corrected chi connectivity index (χ2v) is 12.4. The quantitative estimate of drug-likeness (QED) is 0.359. The summed E-state index contributed by atoms with van der Waals surface area (Å²) in [6, 6.07) is 17.0. The molecule has 0 aromatic heterocycles. The molecule has 0 spiro atoms. The summed E-state index contributed by atoms with van der Waals surface area (Å²) in [4.78, 5) is 28.4. The first kappa shape index (κ1) is 29.5. The zero-order chi connectivity index (χ0) is 29.7. The van der Waals surface area contributed by atoms with Crippen LogP contribution in [0.25, 0.3) is 0 Å². The SMILES string of the molecule is CC(C(=O)NCc1ccc2c(c1)OCO2)N(Cc1ccc(F)cc1)C(=O)CCc1ccc(S(=O)(=O)N2CCCC2)cc1. The number of nitrogens with zero attached hydrogens (tertiary/aromatic N) is 2. The van der Waals surface area contributed by atoms with Crippen LogP contribution in [0.15, 0.2) is 71.6 Å². The summed E-state index contributed by atoms with van der Waals surface area (Å²) in [7, 11) is -3.51. The van der Waals surface area contributed by atoms with E-state index in [0.29, 0.717) is 36.6 Å². The van der Waals surface area contributed by atoms with Gasteiger partial charge < -0.3 is 19.7 Å². The number of hydrogen-bond donors (Lipinski definition) is 1. The van der Waals surface area contributed by atoms with Crippen molar-refractivity contribution in [3.63, 3.8) is 0 Å². The Labute approximate surface area is 245 Å². The van der Waals surface area contributed by atoms with Crippen molar-refractivity contribution in [2.75, 3.05) is 19.9 Å². The average Bonchev–Trinajstić information content (AvgIpc) is 3.71. The molecule has 0 aliphatic carbocycles. The second kappa shape index (κ2) is 12.9. The monoisotopic (exact) mass is 595 g/mol. The fraction of sp³-hybridized carbons (Fsp3) is 0.355. The van der Waals surface area contributed by atoms with Gasteiger partial charge in [-0.1, -0.05) is 30.3 Å². The molecule has 0 radical (unpaired) electrons. The van der Waals surface area contributed by atoms with Gasteiger partial charge >= 0.3 is 0 Å². The molecular weight excluding hydrogens is 561 g/mol. The van der Waals surface area contributed by atoms with E-state index >= 15 is 0 Å². The Morgan fingerprint density at radius 1 is 0.929 bits per heavy atom. The number of nitrogens with one attached hydrogen (secondary N) is 1. The number of amides is 2. The Balaban J connectivity index is 1.23. The van der Waals surface area contributed by atoms with E-state index in [9.17, 15) is 22.4 Å². The van der Waals surface area contributed by atoms with Crippen molar-refractivity contribution in [2.45, 2.75) is 56.6 Å². The highest BCUT2D eigenvalue weighted by Crippen LogP contribution is 2.32. The molecule has 1 saturated heterocycles. The van der Waals surface area contributed by atoms with Crippen LogP contribution in [0, 0.1) is 5.82 Å². The highest BCUT2D eigenvalue weighted by atomic mass is 32.2. The summed E-state index contributed by atoms with van der Waals surface area (Å²) in [6.45, 7) is 3.25. The minimum Gasteiger partial charge on any atom is -0.454 e. The number of fused-ring (bicyclic) bond motifs is 1. The van der Waals surface area contributed by atoms with Gasteiger partial charge in [-0.05, 0) is 79.3 Å². The highest BCUT2D eigenvalue weighted by Gasteiger charge is 2.28. The van der Waals surface area contributed by atoms with Gasteiger partial charge in [-0.25, -0.2) is 12.8 Å². The molecule has 5 rings (SSSR count). The molecule has 1 N–H and O–H groups in total. The number of ether oxygens (including phenoxy) is 2. The van der Waals surface area contributed by atoms with Crippen LogP contribution in [0.2, 0.25) is 0 Å². The van der Waals surface area contributed by atoms with E-state index in [4.69, 9.17) is 9.47 Å². The molecule has 222 valence electrons. The standard InChI is InChI=1S/C31H34FN3O6S/c1-22(31(37)33-19-25-8-14-28-29(18-25)41-21-40-28)35(20-24-4-10-26(32)11-5-24)30(36)15-9-23-6-12-27(13-7-23)42(38,39)34-16-2-3-17-34/h4-8,10-14,18,22H,2-3,9,15-17,19-21H2,1H3,(H,33,37). The van der Waals surface area contributed by atoms with Crippen LogP contribution >= 0.6 is 0 Å². The lowest BCUT2D eigenvalue weighted by Gasteiger charge is -2.29. The number of carbonyl (C=O) groups excluding carboxylic acids is 2. The molecule has 2 amide bonds. The van der Waals surface area contributed by atoms with Crippen LogP contribution in [0.4, 0.5) is 4.39 Å². The fourth-order valence-electron chi connectivity index (χ4n) is 5.06. The molecule has 11 heteroatoms. The lowest BCUT2D eigenvalue weighted by atomic mass is 10.1. The molecule has 0 saturated carbocycles. The minimum atomic E-state index is -3.51. The topological polar surface area (TPSA) is 105 Å². The zero-order valence-electron chi connectivity index (χ0n) is 23.4. The second-order valence-electron chi connectivity index (χ2n) is 10.5. The molecule has 42 heavy (non-hydrogen) atoms. The van der Waals surface area contributed by atoms with Crippen molar-refractivity contribution < 1.29 is 31.9 Å². The first-order valence-electron chi connectivity index (χ1n) is 14.0. The Morgan fingerprint density at radius 2 is 1.57 bits per heavy atom. The van der Waals surface area contributed by atoms with Gasteiger partial charge in [-0.3, -0.25) is 9.59 Å². The van der Waals surface area contributed by atoms with E-state index in [1.54, 1.807) is 55.5 Å². The van der Waals surface area contributed by atoms with Gasteiger partial charge in [0.2, 0.25) is 28.6 Å². The van der Waals surface area contributed by atoms with Crippen molar-refractivity contribution in [3.05, 3.63) is 89.2 Å². The van der Waals surface area contributed by atoms with Crippen LogP contribution in [-0.2, 0) is 39.1 Å². The number of aryl methyl sites for hydroxylation is 1. The molecule has 9 nitrogen and oxygen atoms in total. The van der Waals surface area contributed by atoms with E-state index in [2.05, 4.69) is 5.32 Å². The first-order valence-corrected chi connectivity index (χ1v) is 15.4. The predicted octanol–water partition coefficient (Wildman–Crippen LogP) is 4.01. The van der Waals surface area contributed by atoms with E-state index < -0.39 is 16.1 Å². The highest BCUT2D eigenvalue weighted by molar-refractivity contribution is 7.89. The van der Waals surface area contributed by atoms with Gasteiger partial charge in [0.25, 0.3) is 0 Å². The lowest BCUT2D eigenvalue weighted by Crippen LogP contribution is -2.47. The Kier molecular flexibility index (Phi) is 9.08.